The molecule has 6 heteroatoms. The Kier molecular flexibility index (Phi) is 8.12. The van der Waals surface area contributed by atoms with Gasteiger partial charge >= 0.3 is 6.11 Å². The fraction of sp³-hybridized carbons (Fsp3) is 0.571. The monoisotopic (exact) mass is 496 g/mol. The van der Waals surface area contributed by atoms with E-state index in [1.54, 1.807) is 12.1 Å². The molecule has 4 rings (SSSR count). The van der Waals surface area contributed by atoms with Gasteiger partial charge in [-0.15, -0.1) is 0 Å². The first-order chi connectivity index (χ1) is 16.2. The normalized spacial score (nSPS) is 25.8. The Morgan fingerprint density at radius 2 is 1.38 bits per heavy atom. The largest absolute Gasteiger partial charge is 0.429 e. The maximum Gasteiger partial charge on any atom is 0.426 e. The van der Waals surface area contributed by atoms with Crippen LogP contribution in [-0.4, -0.2) is 0 Å². The van der Waals surface area contributed by atoms with Gasteiger partial charge in [0.2, 0.25) is 0 Å². The Bertz CT molecular complexity index is 922. The number of alkyl halides is 2. The van der Waals surface area contributed by atoms with E-state index in [0.29, 0.717) is 12.1 Å². The Balaban J connectivity index is 1.25. The molecule has 2 fully saturated rings. The number of halogens is 5. The van der Waals surface area contributed by atoms with E-state index in [9.17, 15) is 17.6 Å². The second-order valence-corrected chi connectivity index (χ2v) is 10.7. The topological polar surface area (TPSA) is 9.23 Å². The number of hydrogen-bond acceptors (Lipinski definition) is 1. The van der Waals surface area contributed by atoms with Crippen LogP contribution in [0.15, 0.2) is 36.4 Å². The minimum absolute atomic E-state index is 0.0631. The van der Waals surface area contributed by atoms with Gasteiger partial charge < -0.3 is 4.74 Å². The number of ether oxygens (including phenoxy) is 1. The van der Waals surface area contributed by atoms with Gasteiger partial charge in [0, 0.05) is 0 Å². The van der Waals surface area contributed by atoms with E-state index in [4.69, 9.17) is 16.3 Å². The molecular formula is C28H33ClF4O. The smallest absolute Gasteiger partial charge is 0.426 e. The van der Waals surface area contributed by atoms with Crippen molar-refractivity contribution in [2.75, 3.05) is 0 Å². The van der Waals surface area contributed by atoms with Crippen LogP contribution in [0.2, 0.25) is 5.02 Å². The molecule has 2 aromatic carbocycles. The summed E-state index contributed by atoms with van der Waals surface area (Å²) in [6.07, 6.45) is 8.99. The molecule has 0 atom stereocenters. The van der Waals surface area contributed by atoms with Gasteiger partial charge in [0.25, 0.3) is 0 Å². The van der Waals surface area contributed by atoms with E-state index in [-0.39, 0.29) is 5.75 Å². The maximum atomic E-state index is 14.4. The molecule has 0 amide bonds. The second-order valence-electron chi connectivity index (χ2n) is 10.4. The van der Waals surface area contributed by atoms with Gasteiger partial charge in [-0.1, -0.05) is 56.3 Å². The molecule has 2 aliphatic rings. The zero-order valence-electron chi connectivity index (χ0n) is 19.6. The number of aryl methyl sites for hydroxylation is 1. The summed E-state index contributed by atoms with van der Waals surface area (Å²) in [6.45, 7) is 2.37. The van der Waals surface area contributed by atoms with Gasteiger partial charge in [0.05, 0.1) is 5.56 Å². The SMILES string of the molecule is CC1CCC(C2CCC(CCc3ccc(OC(F)(F)c4cc(F)c(Cl)c(F)c4)cc3)CC2)CC1. The van der Waals surface area contributed by atoms with Crippen LogP contribution in [0.25, 0.3) is 0 Å². The van der Waals surface area contributed by atoms with Crippen molar-refractivity contribution in [1.29, 1.82) is 0 Å². The fourth-order valence-electron chi connectivity index (χ4n) is 5.73. The molecule has 0 aliphatic heterocycles. The predicted molar refractivity (Wildman–Crippen MR) is 127 cm³/mol. The molecule has 0 N–H and O–H groups in total. The van der Waals surface area contributed by atoms with Gasteiger partial charge in [-0.2, -0.15) is 8.78 Å². The summed E-state index contributed by atoms with van der Waals surface area (Å²) in [4.78, 5) is 0. The van der Waals surface area contributed by atoms with Crippen LogP contribution in [0.5, 0.6) is 5.75 Å². The zero-order valence-corrected chi connectivity index (χ0v) is 20.4. The Morgan fingerprint density at radius 1 is 0.853 bits per heavy atom. The Hall–Kier alpha value is -1.75. The third kappa shape index (κ3) is 6.27. The van der Waals surface area contributed by atoms with Crippen molar-refractivity contribution in [2.45, 2.75) is 77.2 Å². The highest BCUT2D eigenvalue weighted by Crippen LogP contribution is 2.42. The minimum atomic E-state index is -3.89. The van der Waals surface area contributed by atoms with Crippen LogP contribution in [0.1, 0.15) is 75.8 Å². The lowest BCUT2D eigenvalue weighted by Gasteiger charge is -2.37. The number of hydrogen-bond donors (Lipinski definition) is 0. The van der Waals surface area contributed by atoms with Gasteiger partial charge in [-0.3, -0.25) is 0 Å². The van der Waals surface area contributed by atoms with E-state index in [0.717, 1.165) is 42.1 Å². The summed E-state index contributed by atoms with van der Waals surface area (Å²) in [5.74, 6) is 0.906. The van der Waals surface area contributed by atoms with E-state index < -0.39 is 28.3 Å². The van der Waals surface area contributed by atoms with Crippen LogP contribution < -0.4 is 4.74 Å². The van der Waals surface area contributed by atoms with Gasteiger partial charge in [0.1, 0.15) is 22.4 Å². The average Bonchev–Trinajstić information content (AvgIpc) is 2.82. The van der Waals surface area contributed by atoms with Gasteiger partial charge in [0.15, 0.2) is 0 Å². The Morgan fingerprint density at radius 3 is 1.94 bits per heavy atom. The quantitative estimate of drug-likeness (QED) is 0.274. The highest BCUT2D eigenvalue weighted by atomic mass is 35.5. The fourth-order valence-corrected chi connectivity index (χ4v) is 5.84. The molecule has 0 spiro atoms. The third-order valence-corrected chi connectivity index (χ3v) is 8.31. The predicted octanol–water partition coefficient (Wildman–Crippen LogP) is 9.31. The lowest BCUT2D eigenvalue weighted by molar-refractivity contribution is -0.185. The molecule has 186 valence electrons. The molecule has 0 radical (unpaired) electrons. The van der Waals surface area contributed by atoms with E-state index in [1.165, 1.54) is 63.5 Å². The van der Waals surface area contributed by atoms with Gasteiger partial charge in [-0.05, 0) is 92.0 Å². The van der Waals surface area contributed by atoms with Crippen molar-refractivity contribution >= 4 is 11.6 Å². The first kappa shape index (κ1) is 25.3. The van der Waals surface area contributed by atoms with Gasteiger partial charge in [-0.25, -0.2) is 8.78 Å². The molecule has 2 aliphatic carbocycles. The highest BCUT2D eigenvalue weighted by Gasteiger charge is 2.36. The lowest BCUT2D eigenvalue weighted by Crippen LogP contribution is -2.25. The van der Waals surface area contributed by atoms with Crippen LogP contribution in [0.3, 0.4) is 0 Å². The molecular weight excluding hydrogens is 464 g/mol. The molecule has 34 heavy (non-hydrogen) atoms. The maximum absolute atomic E-state index is 14.4. The van der Waals surface area contributed by atoms with Crippen molar-refractivity contribution in [3.05, 3.63) is 64.2 Å². The van der Waals surface area contributed by atoms with Crippen molar-refractivity contribution in [2.24, 2.45) is 23.7 Å². The summed E-state index contributed by atoms with van der Waals surface area (Å²) < 4.78 is 60.7. The molecule has 2 aromatic rings. The first-order valence-corrected chi connectivity index (χ1v) is 12.9. The van der Waals surface area contributed by atoms with Crippen molar-refractivity contribution in [3.8, 4) is 5.75 Å². The van der Waals surface area contributed by atoms with Crippen LogP contribution in [0, 0.1) is 35.3 Å². The van der Waals surface area contributed by atoms with E-state index in [2.05, 4.69) is 6.92 Å². The summed E-state index contributed by atoms with van der Waals surface area (Å²) in [5.41, 5.74) is 0.150. The molecule has 0 unspecified atom stereocenters. The lowest BCUT2D eigenvalue weighted by atomic mass is 9.69. The molecule has 0 saturated heterocycles. The van der Waals surface area contributed by atoms with Crippen molar-refractivity contribution in [1.82, 2.24) is 0 Å². The zero-order chi connectivity index (χ0) is 24.3. The molecule has 2 saturated carbocycles. The minimum Gasteiger partial charge on any atom is -0.429 e. The second kappa shape index (κ2) is 10.9. The van der Waals surface area contributed by atoms with Crippen molar-refractivity contribution in [3.63, 3.8) is 0 Å². The molecule has 0 heterocycles. The first-order valence-electron chi connectivity index (χ1n) is 12.5. The standard InChI is InChI=1S/C28H33ClF4O/c1-18-2-10-21(11-3-18)22-12-6-19(7-13-22)4-5-20-8-14-24(15-9-20)34-28(32,33)23-16-25(30)27(29)26(31)17-23/h8-9,14-19,21-22H,2-7,10-13H2,1H3. The average molecular weight is 497 g/mol. The van der Waals surface area contributed by atoms with Crippen LogP contribution in [-0.2, 0) is 12.5 Å². The summed E-state index contributed by atoms with van der Waals surface area (Å²) in [7, 11) is 0. The molecule has 1 nitrogen and oxygen atoms in total. The summed E-state index contributed by atoms with van der Waals surface area (Å²) in [6, 6.07) is 7.50. The highest BCUT2D eigenvalue weighted by molar-refractivity contribution is 6.30. The van der Waals surface area contributed by atoms with Crippen LogP contribution >= 0.6 is 11.6 Å². The number of rotatable bonds is 7. The van der Waals surface area contributed by atoms with E-state index >= 15 is 0 Å². The van der Waals surface area contributed by atoms with Crippen molar-refractivity contribution < 1.29 is 22.3 Å². The van der Waals surface area contributed by atoms with E-state index in [1.807, 2.05) is 0 Å². The third-order valence-electron chi connectivity index (χ3n) is 7.95. The number of benzene rings is 2. The summed E-state index contributed by atoms with van der Waals surface area (Å²) in [5, 5.41) is -0.819. The molecule has 0 aromatic heterocycles. The summed E-state index contributed by atoms with van der Waals surface area (Å²) >= 11 is 5.37. The Labute approximate surface area is 204 Å². The van der Waals surface area contributed by atoms with Crippen LogP contribution in [0.4, 0.5) is 17.6 Å². The molecule has 0 bridgehead atoms.